The summed E-state index contributed by atoms with van der Waals surface area (Å²) in [7, 11) is 1.61. The molecule has 8 heteroatoms. The van der Waals surface area contributed by atoms with Gasteiger partial charge in [0, 0.05) is 13.2 Å². The van der Waals surface area contributed by atoms with Gasteiger partial charge < -0.3 is 19.5 Å². The number of halogens is 1. The molecule has 1 atom stereocenters. The Balaban J connectivity index is 1.89. The number of rotatable bonds is 7. The van der Waals surface area contributed by atoms with E-state index in [2.05, 4.69) is 31.8 Å². The highest BCUT2D eigenvalue weighted by Crippen LogP contribution is 2.36. The summed E-state index contributed by atoms with van der Waals surface area (Å²) in [6, 6.07) is 3.76. The number of hydrogen-bond acceptors (Lipinski definition) is 5. The summed E-state index contributed by atoms with van der Waals surface area (Å²) in [5, 5.41) is 7.72. The van der Waals surface area contributed by atoms with Crippen molar-refractivity contribution in [3.63, 3.8) is 0 Å². The lowest BCUT2D eigenvalue weighted by Crippen LogP contribution is -2.37. The van der Waals surface area contributed by atoms with Gasteiger partial charge in [-0.3, -0.25) is 5.43 Å². The Morgan fingerprint density at radius 1 is 1.54 bits per heavy atom. The molecule has 1 aliphatic rings. The van der Waals surface area contributed by atoms with Gasteiger partial charge in [0.1, 0.15) is 0 Å². The van der Waals surface area contributed by atoms with Gasteiger partial charge in [-0.25, -0.2) is 0 Å². The normalized spacial score (nSPS) is 17.0. The number of thiocarbonyl (C=S) groups is 1. The summed E-state index contributed by atoms with van der Waals surface area (Å²) in [6.07, 6.45) is 4.09. The van der Waals surface area contributed by atoms with Crippen molar-refractivity contribution in [3.8, 4) is 11.5 Å². The fourth-order valence-corrected chi connectivity index (χ4v) is 3.10. The molecule has 1 heterocycles. The molecule has 1 aromatic carbocycles. The highest BCUT2D eigenvalue weighted by atomic mass is 79.9. The molecule has 132 valence electrons. The molecule has 1 saturated heterocycles. The van der Waals surface area contributed by atoms with Crippen LogP contribution >= 0.6 is 28.1 Å². The Labute approximate surface area is 156 Å². The van der Waals surface area contributed by atoms with Crippen molar-refractivity contribution < 1.29 is 14.2 Å². The summed E-state index contributed by atoms with van der Waals surface area (Å²) >= 11 is 8.66. The van der Waals surface area contributed by atoms with Gasteiger partial charge in [0.05, 0.1) is 30.5 Å². The SMILES string of the molecule is CCOc1cc(/C=N\NC(=S)NC[C@@H]2CCCO2)cc(Br)c1OC. The highest BCUT2D eigenvalue weighted by Gasteiger charge is 2.15. The first-order chi connectivity index (χ1) is 11.6. The van der Waals surface area contributed by atoms with E-state index in [1.807, 2.05) is 19.1 Å². The zero-order valence-corrected chi connectivity index (χ0v) is 16.2. The maximum atomic E-state index is 5.58. The third kappa shape index (κ3) is 5.61. The van der Waals surface area contributed by atoms with Crippen molar-refractivity contribution in [1.82, 2.24) is 10.7 Å². The molecule has 2 N–H and O–H groups in total. The van der Waals surface area contributed by atoms with E-state index in [1.54, 1.807) is 13.3 Å². The van der Waals surface area contributed by atoms with Gasteiger partial charge in [0.25, 0.3) is 0 Å². The molecule has 0 saturated carbocycles. The van der Waals surface area contributed by atoms with Crippen LogP contribution in [0.25, 0.3) is 0 Å². The molecule has 0 aromatic heterocycles. The van der Waals surface area contributed by atoms with Gasteiger partial charge in [-0.15, -0.1) is 0 Å². The minimum Gasteiger partial charge on any atom is -0.492 e. The second-order valence-electron chi connectivity index (χ2n) is 5.18. The Bertz CT molecular complexity index is 592. The average molecular weight is 416 g/mol. The molecule has 0 unspecified atom stereocenters. The number of nitrogens with one attached hydrogen (secondary N) is 2. The van der Waals surface area contributed by atoms with Crippen LogP contribution in [-0.4, -0.2) is 44.3 Å². The highest BCUT2D eigenvalue weighted by molar-refractivity contribution is 9.10. The molecule has 1 aromatic rings. The fourth-order valence-electron chi connectivity index (χ4n) is 2.34. The molecular formula is C16H22BrN3O3S. The van der Waals surface area contributed by atoms with E-state index < -0.39 is 0 Å². The summed E-state index contributed by atoms with van der Waals surface area (Å²) in [5.41, 5.74) is 3.66. The molecule has 0 amide bonds. The van der Waals surface area contributed by atoms with E-state index in [-0.39, 0.29) is 6.10 Å². The minimum atomic E-state index is 0.236. The summed E-state index contributed by atoms with van der Waals surface area (Å²) in [4.78, 5) is 0. The lowest BCUT2D eigenvalue weighted by atomic mass is 10.2. The van der Waals surface area contributed by atoms with E-state index >= 15 is 0 Å². The fraction of sp³-hybridized carbons (Fsp3) is 0.500. The minimum absolute atomic E-state index is 0.236. The van der Waals surface area contributed by atoms with Crippen LogP contribution in [0, 0.1) is 0 Å². The predicted octanol–water partition coefficient (Wildman–Crippen LogP) is 2.83. The van der Waals surface area contributed by atoms with E-state index in [0.717, 1.165) is 29.5 Å². The Morgan fingerprint density at radius 2 is 2.38 bits per heavy atom. The molecule has 6 nitrogen and oxygen atoms in total. The third-order valence-electron chi connectivity index (χ3n) is 3.43. The Morgan fingerprint density at radius 3 is 3.04 bits per heavy atom. The molecule has 0 spiro atoms. The van der Waals surface area contributed by atoms with Crippen LogP contribution in [0.1, 0.15) is 25.3 Å². The first kappa shape index (κ1) is 19.0. The van der Waals surface area contributed by atoms with E-state index in [1.165, 1.54) is 0 Å². The molecule has 0 bridgehead atoms. The van der Waals surface area contributed by atoms with Crippen molar-refractivity contribution in [1.29, 1.82) is 0 Å². The maximum Gasteiger partial charge on any atom is 0.187 e. The zero-order valence-electron chi connectivity index (χ0n) is 13.8. The standard InChI is InChI=1S/C16H22BrN3O3S/c1-3-22-14-8-11(7-13(17)15(14)21-2)9-19-20-16(24)18-10-12-5-4-6-23-12/h7-9,12H,3-6,10H2,1-2H3,(H2,18,20,24)/b19-9-/t12-/m0/s1. The number of hydrazone groups is 1. The predicted molar refractivity (Wildman–Crippen MR) is 102 cm³/mol. The van der Waals surface area contributed by atoms with Crippen molar-refractivity contribution in [3.05, 3.63) is 22.2 Å². The number of hydrogen-bond donors (Lipinski definition) is 2. The number of nitrogens with zero attached hydrogens (tertiary/aromatic N) is 1. The number of ether oxygens (including phenoxy) is 3. The summed E-state index contributed by atoms with van der Waals surface area (Å²) in [5.74, 6) is 1.32. The molecule has 1 fully saturated rings. The van der Waals surface area contributed by atoms with E-state index in [4.69, 9.17) is 26.4 Å². The summed E-state index contributed by atoms with van der Waals surface area (Å²) < 4.78 is 17.2. The average Bonchev–Trinajstić information content (AvgIpc) is 3.06. The second kappa shape index (κ2) is 9.80. The first-order valence-corrected chi connectivity index (χ1v) is 9.03. The largest absolute Gasteiger partial charge is 0.492 e. The van der Waals surface area contributed by atoms with Gasteiger partial charge >= 0.3 is 0 Å². The van der Waals surface area contributed by atoms with Crippen LogP contribution in [-0.2, 0) is 4.74 Å². The monoisotopic (exact) mass is 415 g/mol. The molecular weight excluding hydrogens is 394 g/mol. The van der Waals surface area contributed by atoms with Crippen LogP contribution in [0.3, 0.4) is 0 Å². The number of benzene rings is 1. The molecule has 0 radical (unpaired) electrons. The van der Waals surface area contributed by atoms with Crippen molar-refractivity contribution in [2.24, 2.45) is 5.10 Å². The molecule has 0 aliphatic carbocycles. The lowest BCUT2D eigenvalue weighted by Gasteiger charge is -2.12. The van der Waals surface area contributed by atoms with Crippen LogP contribution in [0.2, 0.25) is 0 Å². The molecule has 2 rings (SSSR count). The number of methoxy groups -OCH3 is 1. The first-order valence-electron chi connectivity index (χ1n) is 7.82. The van der Waals surface area contributed by atoms with Gasteiger partial charge in [0.15, 0.2) is 16.6 Å². The quantitative estimate of drug-likeness (QED) is 0.405. The third-order valence-corrected chi connectivity index (χ3v) is 4.25. The lowest BCUT2D eigenvalue weighted by molar-refractivity contribution is 0.114. The van der Waals surface area contributed by atoms with Crippen molar-refractivity contribution in [2.75, 3.05) is 26.9 Å². The van der Waals surface area contributed by atoms with Gasteiger partial charge in [-0.1, -0.05) is 0 Å². The van der Waals surface area contributed by atoms with E-state index in [0.29, 0.717) is 29.8 Å². The van der Waals surface area contributed by atoms with Crippen LogP contribution in [0.4, 0.5) is 0 Å². The van der Waals surface area contributed by atoms with Gasteiger partial charge in [-0.05, 0) is 65.6 Å². The van der Waals surface area contributed by atoms with Gasteiger partial charge in [-0.2, -0.15) is 5.10 Å². The van der Waals surface area contributed by atoms with E-state index in [9.17, 15) is 0 Å². The molecule has 1 aliphatic heterocycles. The summed E-state index contributed by atoms with van der Waals surface area (Å²) in [6.45, 7) is 4.01. The zero-order chi connectivity index (χ0) is 17.4. The maximum absolute atomic E-state index is 5.58. The Hall–Kier alpha value is -1.38. The second-order valence-corrected chi connectivity index (χ2v) is 6.44. The van der Waals surface area contributed by atoms with Crippen molar-refractivity contribution >= 4 is 39.5 Å². The van der Waals surface area contributed by atoms with Crippen LogP contribution in [0.5, 0.6) is 11.5 Å². The topological polar surface area (TPSA) is 64.1 Å². The molecule has 24 heavy (non-hydrogen) atoms. The Kier molecular flexibility index (Phi) is 7.74. The van der Waals surface area contributed by atoms with Gasteiger partial charge in [0.2, 0.25) is 0 Å². The van der Waals surface area contributed by atoms with Crippen LogP contribution < -0.4 is 20.2 Å². The van der Waals surface area contributed by atoms with Crippen molar-refractivity contribution in [2.45, 2.75) is 25.9 Å². The smallest absolute Gasteiger partial charge is 0.187 e. The van der Waals surface area contributed by atoms with Crippen LogP contribution in [0.15, 0.2) is 21.7 Å².